The Kier molecular flexibility index (Phi) is 5.57. The highest BCUT2D eigenvalue weighted by atomic mass is 19.1. The molecule has 1 aliphatic heterocycles. The van der Waals surface area contributed by atoms with Crippen LogP contribution in [-0.4, -0.2) is 53.2 Å². The molecule has 4 saturated carbocycles. The van der Waals surface area contributed by atoms with Gasteiger partial charge in [-0.1, -0.05) is 24.2 Å². The molecule has 7 heteroatoms. The lowest BCUT2D eigenvalue weighted by atomic mass is 9.44. The highest BCUT2D eigenvalue weighted by molar-refractivity contribution is 5.97. The summed E-state index contributed by atoms with van der Waals surface area (Å²) in [7, 11) is 0. The summed E-state index contributed by atoms with van der Waals surface area (Å²) >= 11 is 0. The van der Waals surface area contributed by atoms with Gasteiger partial charge in [0.15, 0.2) is 0 Å². The number of aliphatic hydroxyl groups excluding tert-OH is 1. The Morgan fingerprint density at radius 3 is 2.48 bits per heavy atom. The van der Waals surface area contributed by atoms with E-state index in [4.69, 9.17) is 4.84 Å². The number of aliphatic hydroxyl groups is 1. The fraction of sp³-hybridized carbons (Fsp3) is 0.917. The molecule has 6 nitrogen and oxygen atoms in total. The van der Waals surface area contributed by atoms with Crippen molar-refractivity contribution in [2.75, 3.05) is 13.1 Å². The van der Waals surface area contributed by atoms with E-state index >= 15 is 4.39 Å². The van der Waals surface area contributed by atoms with Gasteiger partial charge in [-0.25, -0.2) is 4.39 Å². The van der Waals surface area contributed by atoms with E-state index in [0.29, 0.717) is 36.3 Å². The van der Waals surface area contributed by atoms with Crippen LogP contribution in [0.1, 0.15) is 71.6 Å². The number of fused-ring (bicyclic) bond motifs is 5. The number of rotatable bonds is 2. The third-order valence-corrected chi connectivity index (χ3v) is 10.0. The Balaban J connectivity index is 1.39. The number of halogens is 1. The summed E-state index contributed by atoms with van der Waals surface area (Å²) < 4.78 is 15.4. The van der Waals surface area contributed by atoms with E-state index in [2.05, 4.69) is 29.5 Å². The van der Waals surface area contributed by atoms with E-state index in [0.717, 1.165) is 63.7 Å². The molecule has 0 spiro atoms. The van der Waals surface area contributed by atoms with Crippen LogP contribution >= 0.6 is 0 Å². The van der Waals surface area contributed by atoms with Crippen molar-refractivity contribution in [1.82, 2.24) is 5.32 Å². The highest BCUT2D eigenvalue weighted by Crippen LogP contribution is 2.65. The normalized spacial score (nSPS) is 50.7. The maximum atomic E-state index is 15.4. The van der Waals surface area contributed by atoms with Crippen LogP contribution in [0.3, 0.4) is 0 Å². The zero-order valence-electron chi connectivity index (χ0n) is 18.9. The van der Waals surface area contributed by atoms with Crippen molar-refractivity contribution in [3.05, 3.63) is 0 Å². The van der Waals surface area contributed by atoms with Crippen molar-refractivity contribution in [1.29, 1.82) is 0 Å². The minimum absolute atomic E-state index is 0.0109. The Hall–Kier alpha value is -1.21. The van der Waals surface area contributed by atoms with Crippen molar-refractivity contribution in [2.24, 2.45) is 44.8 Å². The fourth-order valence-electron chi connectivity index (χ4n) is 8.12. The number of hydrogen-bond acceptors (Lipinski definition) is 6. The topological polar surface area (TPSA) is 86.4 Å². The number of hydrogen-bond donors (Lipinski definition) is 3. The first-order valence-electron chi connectivity index (χ1n) is 12.3. The highest BCUT2D eigenvalue weighted by Gasteiger charge is 2.62. The molecular weight excluding hydrogens is 397 g/mol. The van der Waals surface area contributed by atoms with E-state index in [1.807, 2.05) is 0 Å². The molecule has 0 aromatic heterocycles. The van der Waals surface area contributed by atoms with Crippen LogP contribution in [0.2, 0.25) is 0 Å². The molecule has 0 aromatic carbocycles. The van der Waals surface area contributed by atoms with Crippen LogP contribution < -0.4 is 5.32 Å². The summed E-state index contributed by atoms with van der Waals surface area (Å²) in [4.78, 5) is 5.74. The van der Waals surface area contributed by atoms with Gasteiger partial charge in [-0.2, -0.15) is 0 Å². The summed E-state index contributed by atoms with van der Waals surface area (Å²) in [6, 6.07) is 0. The summed E-state index contributed by atoms with van der Waals surface area (Å²) in [5.41, 5.74) is 0.990. The molecule has 0 bridgehead atoms. The molecule has 0 amide bonds. The van der Waals surface area contributed by atoms with Gasteiger partial charge in [0, 0.05) is 12.3 Å². The Morgan fingerprint density at radius 1 is 1.00 bits per heavy atom. The van der Waals surface area contributed by atoms with Gasteiger partial charge in [0.1, 0.15) is 12.3 Å². The van der Waals surface area contributed by atoms with E-state index in [1.54, 1.807) is 0 Å². The van der Waals surface area contributed by atoms with E-state index in [-0.39, 0.29) is 29.0 Å². The van der Waals surface area contributed by atoms with Crippen molar-refractivity contribution in [3.63, 3.8) is 0 Å². The van der Waals surface area contributed by atoms with Crippen molar-refractivity contribution in [2.45, 2.75) is 90.0 Å². The number of oxime groups is 2. The largest absolute Gasteiger partial charge is 0.411 e. The zero-order valence-corrected chi connectivity index (χ0v) is 18.9. The molecule has 5 fully saturated rings. The van der Waals surface area contributed by atoms with Gasteiger partial charge in [-0.3, -0.25) is 0 Å². The average Bonchev–Trinajstić information content (AvgIpc) is 3.07. The summed E-state index contributed by atoms with van der Waals surface area (Å²) in [5.74, 6) is 1.19. The second-order valence-corrected chi connectivity index (χ2v) is 11.4. The van der Waals surface area contributed by atoms with Gasteiger partial charge in [0.2, 0.25) is 0 Å². The second-order valence-electron chi connectivity index (χ2n) is 11.4. The molecule has 0 aromatic rings. The van der Waals surface area contributed by atoms with Crippen molar-refractivity contribution < 1.29 is 19.5 Å². The van der Waals surface area contributed by atoms with Gasteiger partial charge in [-0.05, 0) is 93.0 Å². The summed E-state index contributed by atoms with van der Waals surface area (Å²) in [5, 5.41) is 32.0. The maximum Gasteiger partial charge on any atom is 0.142 e. The molecule has 5 rings (SSSR count). The van der Waals surface area contributed by atoms with Crippen LogP contribution in [-0.2, 0) is 4.84 Å². The molecule has 3 N–H and O–H groups in total. The molecule has 4 aliphatic carbocycles. The van der Waals surface area contributed by atoms with Gasteiger partial charge in [0.05, 0.1) is 17.5 Å². The maximum absolute atomic E-state index is 15.4. The molecule has 1 heterocycles. The number of piperidine rings is 1. The third kappa shape index (κ3) is 3.41. The molecular formula is C24H38FN3O3. The predicted octanol–water partition coefficient (Wildman–Crippen LogP) is 3.90. The molecule has 174 valence electrons. The first kappa shape index (κ1) is 21.6. The molecule has 5 aliphatic rings. The third-order valence-electron chi connectivity index (χ3n) is 10.0. The zero-order chi connectivity index (χ0) is 21.8. The Labute approximate surface area is 184 Å². The average molecular weight is 436 g/mol. The minimum atomic E-state index is -1.11. The van der Waals surface area contributed by atoms with Crippen LogP contribution in [0.25, 0.3) is 0 Å². The number of alkyl halides is 1. The smallest absolute Gasteiger partial charge is 0.142 e. The van der Waals surface area contributed by atoms with Crippen molar-refractivity contribution in [3.8, 4) is 0 Å². The van der Waals surface area contributed by atoms with E-state index < -0.39 is 6.17 Å². The standard InChI is InChI=1S/C24H38FN3O3/c1-23-8-5-17-15(16(23)3-4-22(23)29)11-20(27-30)18-12-21(19(25)13-24(17,18)2)28-31-14-6-9-26-10-7-14/h14-19,22,26,29-30H,3-13H2,1-2H3/b27-20+,28-21+/t15-,16-,17-,18?,19+,22-,23-,24+/m0/s1. The molecule has 8 atom stereocenters. The lowest BCUT2D eigenvalue weighted by Gasteiger charge is -2.60. The first-order chi connectivity index (χ1) is 14.9. The quantitative estimate of drug-likeness (QED) is 0.454. The van der Waals surface area contributed by atoms with Crippen LogP contribution in [0.15, 0.2) is 10.3 Å². The van der Waals surface area contributed by atoms with E-state index in [1.165, 1.54) is 0 Å². The second kappa shape index (κ2) is 7.98. The fourth-order valence-corrected chi connectivity index (χ4v) is 8.12. The lowest BCUT2D eigenvalue weighted by molar-refractivity contribution is -0.0899. The van der Waals surface area contributed by atoms with Crippen LogP contribution in [0, 0.1) is 34.5 Å². The van der Waals surface area contributed by atoms with Crippen LogP contribution in [0.5, 0.6) is 0 Å². The number of nitrogens with one attached hydrogen (secondary N) is 1. The molecule has 0 radical (unpaired) electrons. The predicted molar refractivity (Wildman–Crippen MR) is 117 cm³/mol. The first-order valence-corrected chi connectivity index (χ1v) is 12.3. The molecule has 31 heavy (non-hydrogen) atoms. The lowest BCUT2D eigenvalue weighted by Crippen LogP contribution is -2.58. The van der Waals surface area contributed by atoms with Crippen LogP contribution in [0.4, 0.5) is 4.39 Å². The Bertz CT molecular complexity index is 754. The van der Waals surface area contributed by atoms with Gasteiger partial charge in [-0.15, -0.1) is 0 Å². The molecule has 1 unspecified atom stereocenters. The summed E-state index contributed by atoms with van der Waals surface area (Å²) in [6.07, 6.45) is 6.05. The van der Waals surface area contributed by atoms with Gasteiger partial charge < -0.3 is 20.5 Å². The minimum Gasteiger partial charge on any atom is -0.411 e. The van der Waals surface area contributed by atoms with E-state index in [9.17, 15) is 10.3 Å². The molecule has 1 saturated heterocycles. The Morgan fingerprint density at radius 2 is 1.74 bits per heavy atom. The van der Waals surface area contributed by atoms with Gasteiger partial charge in [0.25, 0.3) is 0 Å². The van der Waals surface area contributed by atoms with Crippen molar-refractivity contribution >= 4 is 11.4 Å². The number of nitrogens with zero attached hydrogens (tertiary/aromatic N) is 2. The monoisotopic (exact) mass is 435 g/mol. The SMILES string of the molecule is C[C@]12CC[C@H]3[C@@H](C/C(=N\O)C4C/C(=N\OC5CCNCC5)[C@H](F)C[C@@]43C)[C@@H]1CC[C@@H]2O. The summed E-state index contributed by atoms with van der Waals surface area (Å²) in [6.45, 7) is 6.27. The van der Waals surface area contributed by atoms with Gasteiger partial charge >= 0.3 is 0 Å².